The van der Waals surface area contributed by atoms with E-state index in [-0.39, 0.29) is 11.8 Å². The van der Waals surface area contributed by atoms with Crippen LogP contribution in [0.15, 0.2) is 48.5 Å². The minimum atomic E-state index is -0.624. The number of halogens is 1. The lowest BCUT2D eigenvalue weighted by Gasteiger charge is -2.15. The molecule has 0 aliphatic heterocycles. The maximum absolute atomic E-state index is 12.0. The Balaban J connectivity index is 1.73. The highest BCUT2D eigenvalue weighted by atomic mass is 35.5. The standard InChI is InChI=1S/C19H21ClN2O3/c1-13-6-5-7-15(12-13)25-14(2)18(23)21-10-11-22-19(24)16-8-3-4-9-17(16)20/h3-9,12,14H,10-11H2,1-2H3,(H,21,23)(H,22,24). The topological polar surface area (TPSA) is 67.4 Å². The number of ether oxygens (including phenoxy) is 1. The van der Waals surface area contributed by atoms with E-state index >= 15 is 0 Å². The summed E-state index contributed by atoms with van der Waals surface area (Å²) in [5.74, 6) is 0.132. The number of aryl methyl sites for hydroxylation is 1. The molecule has 0 saturated heterocycles. The Morgan fingerprint density at radius 2 is 1.80 bits per heavy atom. The van der Waals surface area contributed by atoms with Crippen molar-refractivity contribution in [2.45, 2.75) is 20.0 Å². The molecule has 2 rings (SSSR count). The van der Waals surface area contributed by atoms with Crippen molar-refractivity contribution >= 4 is 23.4 Å². The van der Waals surface area contributed by atoms with Gasteiger partial charge in [0, 0.05) is 13.1 Å². The van der Waals surface area contributed by atoms with Gasteiger partial charge in [-0.25, -0.2) is 0 Å². The van der Waals surface area contributed by atoms with Crippen LogP contribution < -0.4 is 15.4 Å². The number of hydrogen-bond donors (Lipinski definition) is 2. The summed E-state index contributed by atoms with van der Waals surface area (Å²) in [5.41, 5.74) is 1.47. The number of benzene rings is 2. The zero-order valence-electron chi connectivity index (χ0n) is 14.2. The Labute approximate surface area is 152 Å². The Hall–Kier alpha value is -2.53. The minimum Gasteiger partial charge on any atom is -0.481 e. The molecule has 132 valence electrons. The molecular weight excluding hydrogens is 340 g/mol. The van der Waals surface area contributed by atoms with Crippen LogP contribution in [0.25, 0.3) is 0 Å². The Morgan fingerprint density at radius 1 is 1.08 bits per heavy atom. The van der Waals surface area contributed by atoms with Crippen LogP contribution >= 0.6 is 11.6 Å². The van der Waals surface area contributed by atoms with Crippen LogP contribution in [0.1, 0.15) is 22.8 Å². The highest BCUT2D eigenvalue weighted by molar-refractivity contribution is 6.33. The van der Waals surface area contributed by atoms with Crippen LogP contribution in [0.4, 0.5) is 0 Å². The summed E-state index contributed by atoms with van der Waals surface area (Å²) >= 11 is 5.96. The van der Waals surface area contributed by atoms with Crippen molar-refractivity contribution in [3.8, 4) is 5.75 Å². The molecule has 2 amide bonds. The molecule has 2 N–H and O–H groups in total. The maximum Gasteiger partial charge on any atom is 0.260 e. The Bertz CT molecular complexity index is 749. The smallest absolute Gasteiger partial charge is 0.260 e. The average molecular weight is 361 g/mol. The number of carbonyl (C=O) groups is 2. The SMILES string of the molecule is Cc1cccc(OC(C)C(=O)NCCNC(=O)c2ccccc2Cl)c1. The van der Waals surface area contributed by atoms with E-state index in [4.69, 9.17) is 16.3 Å². The van der Waals surface area contributed by atoms with Crippen molar-refractivity contribution in [1.29, 1.82) is 0 Å². The summed E-state index contributed by atoms with van der Waals surface area (Å²) in [6.45, 7) is 4.24. The molecule has 1 atom stereocenters. The molecule has 0 aliphatic carbocycles. The summed E-state index contributed by atoms with van der Waals surface area (Å²) in [5, 5.41) is 5.83. The first-order chi connectivity index (χ1) is 12.0. The average Bonchev–Trinajstić information content (AvgIpc) is 2.58. The molecule has 0 fully saturated rings. The van der Waals surface area contributed by atoms with Gasteiger partial charge < -0.3 is 15.4 Å². The largest absolute Gasteiger partial charge is 0.481 e. The normalized spacial score (nSPS) is 11.5. The molecule has 0 radical (unpaired) electrons. The fourth-order valence-electron chi connectivity index (χ4n) is 2.19. The van der Waals surface area contributed by atoms with Crippen LogP contribution in [-0.4, -0.2) is 31.0 Å². The molecule has 2 aromatic carbocycles. The van der Waals surface area contributed by atoms with Crippen molar-refractivity contribution in [3.05, 3.63) is 64.7 Å². The Kier molecular flexibility index (Phi) is 6.83. The van der Waals surface area contributed by atoms with Gasteiger partial charge in [-0.1, -0.05) is 35.9 Å². The summed E-state index contributed by atoms with van der Waals surface area (Å²) in [6.07, 6.45) is -0.624. The molecule has 0 bridgehead atoms. The predicted molar refractivity (Wildman–Crippen MR) is 98.1 cm³/mol. The van der Waals surface area contributed by atoms with E-state index in [0.717, 1.165) is 5.56 Å². The second kappa shape index (κ2) is 9.08. The van der Waals surface area contributed by atoms with Gasteiger partial charge in [0.25, 0.3) is 11.8 Å². The van der Waals surface area contributed by atoms with E-state index in [1.165, 1.54) is 0 Å². The van der Waals surface area contributed by atoms with Crippen LogP contribution in [0.5, 0.6) is 5.75 Å². The lowest BCUT2D eigenvalue weighted by Crippen LogP contribution is -2.40. The summed E-state index contributed by atoms with van der Waals surface area (Å²) in [7, 11) is 0. The molecule has 5 nitrogen and oxygen atoms in total. The first kappa shape index (κ1) is 18.8. The van der Waals surface area contributed by atoms with E-state index < -0.39 is 6.10 Å². The third kappa shape index (κ3) is 5.80. The maximum atomic E-state index is 12.0. The summed E-state index contributed by atoms with van der Waals surface area (Å²) in [4.78, 5) is 24.0. The highest BCUT2D eigenvalue weighted by Crippen LogP contribution is 2.15. The highest BCUT2D eigenvalue weighted by Gasteiger charge is 2.14. The summed E-state index contributed by atoms with van der Waals surface area (Å²) in [6, 6.07) is 14.3. The molecule has 2 aromatic rings. The van der Waals surface area contributed by atoms with Gasteiger partial charge in [-0.05, 0) is 43.7 Å². The van der Waals surface area contributed by atoms with Gasteiger partial charge in [0.2, 0.25) is 0 Å². The number of hydrogen-bond acceptors (Lipinski definition) is 3. The van der Waals surface area contributed by atoms with Gasteiger partial charge >= 0.3 is 0 Å². The van der Waals surface area contributed by atoms with Crippen molar-refractivity contribution in [2.75, 3.05) is 13.1 Å². The predicted octanol–water partition coefficient (Wildman–Crippen LogP) is 2.96. The third-order valence-electron chi connectivity index (χ3n) is 3.50. The molecule has 6 heteroatoms. The second-order valence-electron chi connectivity index (χ2n) is 5.60. The zero-order valence-corrected chi connectivity index (χ0v) is 15.0. The van der Waals surface area contributed by atoms with Crippen LogP contribution in [0.2, 0.25) is 5.02 Å². The molecule has 0 heterocycles. The fourth-order valence-corrected chi connectivity index (χ4v) is 2.41. The first-order valence-corrected chi connectivity index (χ1v) is 8.39. The van der Waals surface area contributed by atoms with Gasteiger partial charge in [0.15, 0.2) is 6.10 Å². The van der Waals surface area contributed by atoms with Crippen LogP contribution in [-0.2, 0) is 4.79 Å². The lowest BCUT2D eigenvalue weighted by molar-refractivity contribution is -0.127. The van der Waals surface area contributed by atoms with Crippen LogP contribution in [0.3, 0.4) is 0 Å². The second-order valence-corrected chi connectivity index (χ2v) is 6.01. The Morgan fingerprint density at radius 3 is 2.52 bits per heavy atom. The van der Waals surface area contributed by atoms with Gasteiger partial charge in [0.05, 0.1) is 10.6 Å². The zero-order chi connectivity index (χ0) is 18.2. The molecule has 0 saturated carbocycles. The van der Waals surface area contributed by atoms with E-state index in [2.05, 4.69) is 10.6 Å². The van der Waals surface area contributed by atoms with Crippen molar-refractivity contribution in [1.82, 2.24) is 10.6 Å². The number of carbonyl (C=O) groups excluding carboxylic acids is 2. The monoisotopic (exact) mass is 360 g/mol. The van der Waals surface area contributed by atoms with Gasteiger partial charge in [-0.2, -0.15) is 0 Å². The van der Waals surface area contributed by atoms with Crippen LogP contribution in [0, 0.1) is 6.92 Å². The fraction of sp³-hybridized carbons (Fsp3) is 0.263. The van der Waals surface area contributed by atoms with Crippen molar-refractivity contribution in [3.63, 3.8) is 0 Å². The van der Waals surface area contributed by atoms with E-state index in [0.29, 0.717) is 29.4 Å². The molecule has 0 aliphatic rings. The molecule has 0 aromatic heterocycles. The number of rotatable bonds is 7. The van der Waals surface area contributed by atoms with Crippen molar-refractivity contribution < 1.29 is 14.3 Å². The molecule has 1 unspecified atom stereocenters. The van der Waals surface area contributed by atoms with E-state index in [1.54, 1.807) is 37.3 Å². The van der Waals surface area contributed by atoms with Gasteiger partial charge in [-0.3, -0.25) is 9.59 Å². The molecule has 0 spiro atoms. The van der Waals surface area contributed by atoms with E-state index in [1.807, 2.05) is 25.1 Å². The number of nitrogens with one attached hydrogen (secondary N) is 2. The lowest BCUT2D eigenvalue weighted by atomic mass is 10.2. The van der Waals surface area contributed by atoms with E-state index in [9.17, 15) is 9.59 Å². The minimum absolute atomic E-state index is 0.242. The van der Waals surface area contributed by atoms with Gasteiger partial charge in [-0.15, -0.1) is 0 Å². The summed E-state index contributed by atoms with van der Waals surface area (Å²) < 4.78 is 5.60. The first-order valence-electron chi connectivity index (χ1n) is 8.01. The molecule has 25 heavy (non-hydrogen) atoms. The third-order valence-corrected chi connectivity index (χ3v) is 3.83. The quantitative estimate of drug-likeness (QED) is 0.746. The van der Waals surface area contributed by atoms with Gasteiger partial charge in [0.1, 0.15) is 5.75 Å². The number of amides is 2. The van der Waals surface area contributed by atoms with Crippen molar-refractivity contribution in [2.24, 2.45) is 0 Å². The molecular formula is C19H21ClN2O3.